The fraction of sp³-hybridized carbons (Fsp3) is 0.250. The number of alkyl carbamates (subject to hydrolysis) is 1. The molecule has 2 amide bonds. The van der Waals surface area contributed by atoms with E-state index in [1.807, 2.05) is 48.5 Å². The zero-order valence-electron chi connectivity index (χ0n) is 17.9. The number of ether oxygens (including phenoxy) is 1. The molecule has 9 heteroatoms. The molecule has 0 bridgehead atoms. The van der Waals surface area contributed by atoms with Gasteiger partial charge in [-0.15, -0.1) is 0 Å². The number of carbonyl (C=O) groups is 3. The van der Waals surface area contributed by atoms with Crippen LogP contribution in [0, 0.1) is 0 Å². The summed E-state index contributed by atoms with van der Waals surface area (Å²) in [7, 11) is 0. The predicted molar refractivity (Wildman–Crippen MR) is 120 cm³/mol. The van der Waals surface area contributed by atoms with E-state index in [1.165, 1.54) is 19.4 Å². The molecule has 0 saturated carbocycles. The Hall–Kier alpha value is -4.14. The third-order valence-electron chi connectivity index (χ3n) is 5.66. The third kappa shape index (κ3) is 4.87. The summed E-state index contributed by atoms with van der Waals surface area (Å²) < 4.78 is 5.52. The van der Waals surface area contributed by atoms with E-state index >= 15 is 0 Å². The number of nitrogens with zero attached hydrogens (tertiary/aromatic N) is 1. The van der Waals surface area contributed by atoms with Gasteiger partial charge in [-0.1, -0.05) is 48.5 Å². The van der Waals surface area contributed by atoms with Gasteiger partial charge in [-0.25, -0.2) is 9.78 Å². The molecule has 1 aromatic heterocycles. The quantitative estimate of drug-likeness (QED) is 0.418. The lowest BCUT2D eigenvalue weighted by molar-refractivity contribution is -0.141. The normalized spacial score (nSPS) is 14.0. The molecule has 4 N–H and O–H groups in total. The van der Waals surface area contributed by atoms with Crippen LogP contribution in [0.25, 0.3) is 11.1 Å². The van der Waals surface area contributed by atoms with E-state index in [0.717, 1.165) is 22.3 Å². The molecule has 1 heterocycles. The molecule has 1 aliphatic carbocycles. The molecule has 9 nitrogen and oxygen atoms in total. The largest absolute Gasteiger partial charge is 0.480 e. The number of aromatic nitrogens is 2. The number of hydrogen-bond acceptors (Lipinski definition) is 5. The molecule has 2 aromatic carbocycles. The standard InChI is InChI=1S/C24H24N4O5/c1-14(23(30)31)27-22(29)21(10-15-11-25-13-26-15)28-24(32)33-12-20-18-8-4-2-6-16(18)17-7-3-5-9-19(17)20/h2-9,11,13-14,20-21H,10,12H2,1H3,(H,25,26)(H,27,29)(H,28,32)(H,30,31). The summed E-state index contributed by atoms with van der Waals surface area (Å²) in [5.74, 6) is -1.92. The van der Waals surface area contributed by atoms with Gasteiger partial charge in [0.15, 0.2) is 0 Å². The van der Waals surface area contributed by atoms with Crippen LogP contribution >= 0.6 is 0 Å². The second kappa shape index (κ2) is 9.56. The molecule has 2 atom stereocenters. The lowest BCUT2D eigenvalue weighted by Gasteiger charge is -2.20. The number of hydrogen-bond donors (Lipinski definition) is 4. The number of benzene rings is 2. The van der Waals surface area contributed by atoms with Gasteiger partial charge in [-0.2, -0.15) is 0 Å². The third-order valence-corrected chi connectivity index (χ3v) is 5.66. The van der Waals surface area contributed by atoms with E-state index in [1.54, 1.807) is 0 Å². The van der Waals surface area contributed by atoms with Crippen LogP contribution in [0.4, 0.5) is 4.79 Å². The fourth-order valence-electron chi connectivity index (χ4n) is 3.98. The van der Waals surface area contributed by atoms with Gasteiger partial charge in [-0.05, 0) is 29.2 Å². The first-order valence-electron chi connectivity index (χ1n) is 10.6. The number of H-pyrrole nitrogens is 1. The molecular formula is C24H24N4O5. The summed E-state index contributed by atoms with van der Waals surface area (Å²) in [6, 6.07) is 13.8. The van der Waals surface area contributed by atoms with Crippen LogP contribution in [0.3, 0.4) is 0 Å². The van der Waals surface area contributed by atoms with Crippen LogP contribution in [0.1, 0.15) is 29.7 Å². The highest BCUT2D eigenvalue weighted by atomic mass is 16.5. The Kier molecular flexibility index (Phi) is 6.39. The summed E-state index contributed by atoms with van der Waals surface area (Å²) in [5, 5.41) is 14.0. The number of nitrogens with one attached hydrogen (secondary N) is 3. The SMILES string of the molecule is CC(NC(=O)C(Cc1cnc[nH]1)NC(=O)OCC1c2ccccc2-c2ccccc21)C(=O)O. The Balaban J connectivity index is 1.44. The van der Waals surface area contributed by atoms with Gasteiger partial charge in [-0.3, -0.25) is 9.59 Å². The van der Waals surface area contributed by atoms with Crippen molar-refractivity contribution >= 4 is 18.0 Å². The van der Waals surface area contributed by atoms with Crippen LogP contribution in [0.2, 0.25) is 0 Å². The van der Waals surface area contributed by atoms with Crippen LogP contribution in [0.15, 0.2) is 61.1 Å². The van der Waals surface area contributed by atoms with Crippen molar-refractivity contribution < 1.29 is 24.2 Å². The minimum absolute atomic E-state index is 0.0996. The van der Waals surface area contributed by atoms with Crippen LogP contribution in [-0.2, 0) is 20.7 Å². The molecule has 0 saturated heterocycles. The number of rotatable bonds is 8. The molecular weight excluding hydrogens is 424 g/mol. The number of carboxylic acids is 1. The van der Waals surface area contributed by atoms with Crippen molar-refractivity contribution in [3.63, 3.8) is 0 Å². The number of amides is 2. The molecule has 33 heavy (non-hydrogen) atoms. The maximum atomic E-state index is 12.6. The highest BCUT2D eigenvalue weighted by molar-refractivity contribution is 5.89. The average molecular weight is 448 g/mol. The van der Waals surface area contributed by atoms with Crippen LogP contribution in [-0.4, -0.2) is 51.7 Å². The number of carbonyl (C=O) groups excluding carboxylic acids is 2. The van der Waals surface area contributed by atoms with E-state index in [-0.39, 0.29) is 18.9 Å². The Morgan fingerprint density at radius 3 is 2.27 bits per heavy atom. The molecule has 170 valence electrons. The smallest absolute Gasteiger partial charge is 0.407 e. The summed E-state index contributed by atoms with van der Waals surface area (Å²) >= 11 is 0. The predicted octanol–water partition coefficient (Wildman–Crippen LogP) is 2.45. The summed E-state index contributed by atoms with van der Waals surface area (Å²) in [6.45, 7) is 1.45. The van der Waals surface area contributed by atoms with E-state index in [0.29, 0.717) is 5.69 Å². The first-order valence-corrected chi connectivity index (χ1v) is 10.6. The number of aromatic amines is 1. The van der Waals surface area contributed by atoms with Crippen molar-refractivity contribution in [1.82, 2.24) is 20.6 Å². The van der Waals surface area contributed by atoms with Gasteiger partial charge < -0.3 is 25.5 Å². The number of aliphatic carboxylic acids is 1. The van der Waals surface area contributed by atoms with Crippen molar-refractivity contribution in [2.24, 2.45) is 0 Å². The molecule has 1 aliphatic rings. The highest BCUT2D eigenvalue weighted by Crippen LogP contribution is 2.44. The molecule has 0 spiro atoms. The van der Waals surface area contributed by atoms with Gasteiger partial charge in [0, 0.05) is 24.2 Å². The van der Waals surface area contributed by atoms with Crippen LogP contribution < -0.4 is 10.6 Å². The van der Waals surface area contributed by atoms with Gasteiger partial charge in [0.25, 0.3) is 0 Å². The molecule has 0 radical (unpaired) electrons. The van der Waals surface area contributed by atoms with Crippen molar-refractivity contribution in [1.29, 1.82) is 0 Å². The number of carboxylic acid groups (broad SMARTS) is 1. The second-order valence-electron chi connectivity index (χ2n) is 7.87. The zero-order valence-corrected chi connectivity index (χ0v) is 17.9. The molecule has 4 rings (SSSR count). The maximum absolute atomic E-state index is 12.6. The average Bonchev–Trinajstić information content (AvgIpc) is 3.43. The van der Waals surface area contributed by atoms with E-state index in [4.69, 9.17) is 9.84 Å². The molecule has 0 aliphatic heterocycles. The van der Waals surface area contributed by atoms with Gasteiger partial charge in [0.05, 0.1) is 6.33 Å². The van der Waals surface area contributed by atoms with Crippen LogP contribution in [0.5, 0.6) is 0 Å². The minimum Gasteiger partial charge on any atom is -0.480 e. The Bertz CT molecular complexity index is 1120. The van der Waals surface area contributed by atoms with Gasteiger partial charge in [0.2, 0.25) is 5.91 Å². The Morgan fingerprint density at radius 2 is 1.70 bits per heavy atom. The maximum Gasteiger partial charge on any atom is 0.407 e. The van der Waals surface area contributed by atoms with Crippen molar-refractivity contribution in [2.75, 3.05) is 6.61 Å². The summed E-state index contributed by atoms with van der Waals surface area (Å²) in [5.41, 5.74) is 4.99. The Morgan fingerprint density at radius 1 is 1.06 bits per heavy atom. The second-order valence-corrected chi connectivity index (χ2v) is 7.87. The summed E-state index contributed by atoms with van der Waals surface area (Å²) in [4.78, 5) is 43.1. The zero-order chi connectivity index (χ0) is 23.4. The molecule has 2 unspecified atom stereocenters. The first kappa shape index (κ1) is 22.1. The lowest BCUT2D eigenvalue weighted by Crippen LogP contribution is -2.52. The summed E-state index contributed by atoms with van der Waals surface area (Å²) in [6.07, 6.45) is 2.32. The van der Waals surface area contributed by atoms with E-state index in [9.17, 15) is 14.4 Å². The fourth-order valence-corrected chi connectivity index (χ4v) is 3.98. The van der Waals surface area contributed by atoms with Crippen molar-refractivity contribution in [3.05, 3.63) is 77.9 Å². The van der Waals surface area contributed by atoms with Crippen molar-refractivity contribution in [3.8, 4) is 11.1 Å². The van der Waals surface area contributed by atoms with Gasteiger partial charge >= 0.3 is 12.1 Å². The van der Waals surface area contributed by atoms with Crippen molar-refractivity contribution in [2.45, 2.75) is 31.3 Å². The Labute approximate surface area is 190 Å². The molecule has 0 fully saturated rings. The van der Waals surface area contributed by atoms with E-state index < -0.39 is 30.1 Å². The monoisotopic (exact) mass is 448 g/mol. The number of fused-ring (bicyclic) bond motifs is 3. The topological polar surface area (TPSA) is 133 Å². The van der Waals surface area contributed by atoms with E-state index in [2.05, 4.69) is 20.6 Å². The van der Waals surface area contributed by atoms with Gasteiger partial charge in [0.1, 0.15) is 18.7 Å². The number of imidazole rings is 1. The lowest BCUT2D eigenvalue weighted by atomic mass is 9.98. The first-order chi connectivity index (χ1) is 15.9. The highest BCUT2D eigenvalue weighted by Gasteiger charge is 2.30. The molecule has 3 aromatic rings. The minimum atomic E-state index is -1.18.